The molecule has 2 rings (SSSR count). The predicted molar refractivity (Wildman–Crippen MR) is 102 cm³/mol. The Kier molecular flexibility index (Phi) is 6.88. The van der Waals surface area contributed by atoms with Crippen molar-refractivity contribution in [1.82, 2.24) is 10.6 Å². The third-order valence-corrected chi connectivity index (χ3v) is 3.89. The molecule has 0 aliphatic carbocycles. The van der Waals surface area contributed by atoms with Crippen LogP contribution in [0, 0.1) is 0 Å². The van der Waals surface area contributed by atoms with Gasteiger partial charge in [0.15, 0.2) is 0 Å². The normalized spacial score (nSPS) is 11.2. The zero-order valence-corrected chi connectivity index (χ0v) is 15.2. The standard InChI is InChI=1S/C21H22N2O4/c1-14(2)18(23-19(24)16-11-7-4-8-12-16)20(25)22-17(21(26)27)13-15-9-5-3-6-10-15/h3-12,17H,13H2,1-2H3,(H,22,25)(H,23,24)(H,26,27)/t17-/m1/s1. The van der Waals surface area contributed by atoms with Gasteiger partial charge in [-0.25, -0.2) is 4.79 Å². The Hall–Kier alpha value is -3.41. The molecule has 2 aromatic carbocycles. The number of aliphatic carboxylic acids is 1. The molecule has 0 aliphatic heterocycles. The fraction of sp³-hybridized carbons (Fsp3) is 0.190. The van der Waals surface area contributed by atoms with Crippen LogP contribution in [-0.4, -0.2) is 28.9 Å². The van der Waals surface area contributed by atoms with Crippen molar-refractivity contribution in [3.8, 4) is 0 Å². The summed E-state index contributed by atoms with van der Waals surface area (Å²) in [7, 11) is 0. The molecule has 27 heavy (non-hydrogen) atoms. The molecule has 0 aromatic heterocycles. The molecule has 6 heteroatoms. The predicted octanol–water partition coefficient (Wildman–Crippen LogP) is 2.52. The van der Waals surface area contributed by atoms with E-state index in [0.29, 0.717) is 11.1 Å². The van der Waals surface area contributed by atoms with Gasteiger partial charge in [0.05, 0.1) is 0 Å². The zero-order chi connectivity index (χ0) is 19.8. The molecule has 0 fully saturated rings. The van der Waals surface area contributed by atoms with Crippen molar-refractivity contribution in [2.75, 3.05) is 0 Å². The Morgan fingerprint density at radius 3 is 2.00 bits per heavy atom. The van der Waals surface area contributed by atoms with E-state index < -0.39 is 23.8 Å². The van der Waals surface area contributed by atoms with Crippen molar-refractivity contribution in [1.29, 1.82) is 0 Å². The van der Waals surface area contributed by atoms with E-state index in [1.54, 1.807) is 68.4 Å². The average molecular weight is 366 g/mol. The molecule has 0 aliphatic rings. The number of hydrogen-bond acceptors (Lipinski definition) is 3. The van der Waals surface area contributed by atoms with Gasteiger partial charge in [0.25, 0.3) is 11.8 Å². The summed E-state index contributed by atoms with van der Waals surface area (Å²) in [6.45, 7) is 3.35. The number of nitrogens with one attached hydrogen (secondary N) is 2. The average Bonchev–Trinajstić information content (AvgIpc) is 2.66. The first-order valence-corrected chi connectivity index (χ1v) is 8.50. The molecular formula is C21H22N2O4. The number of benzene rings is 2. The van der Waals surface area contributed by atoms with Gasteiger partial charge in [-0.1, -0.05) is 48.5 Å². The summed E-state index contributed by atoms with van der Waals surface area (Å²) in [6, 6.07) is 16.4. The molecule has 0 saturated carbocycles. The molecule has 0 bridgehead atoms. The van der Waals surface area contributed by atoms with Gasteiger partial charge in [-0.15, -0.1) is 0 Å². The summed E-state index contributed by atoms with van der Waals surface area (Å²) < 4.78 is 0. The van der Waals surface area contributed by atoms with Crippen LogP contribution in [0.25, 0.3) is 0 Å². The van der Waals surface area contributed by atoms with Crippen molar-refractivity contribution < 1.29 is 19.5 Å². The van der Waals surface area contributed by atoms with Gasteiger partial charge in [0, 0.05) is 12.0 Å². The lowest BCUT2D eigenvalue weighted by atomic mass is 10.1. The molecule has 3 N–H and O–H groups in total. The lowest BCUT2D eigenvalue weighted by Crippen LogP contribution is -2.45. The number of carboxylic acid groups (broad SMARTS) is 1. The van der Waals surface area contributed by atoms with Crippen molar-refractivity contribution in [3.63, 3.8) is 0 Å². The van der Waals surface area contributed by atoms with Crippen LogP contribution in [0.2, 0.25) is 0 Å². The Bertz CT molecular complexity index is 841. The summed E-state index contributed by atoms with van der Waals surface area (Å²) in [5.74, 6) is -2.21. The summed E-state index contributed by atoms with van der Waals surface area (Å²) >= 11 is 0. The van der Waals surface area contributed by atoms with Gasteiger partial charge >= 0.3 is 5.97 Å². The Morgan fingerprint density at radius 2 is 1.48 bits per heavy atom. The van der Waals surface area contributed by atoms with Crippen LogP contribution >= 0.6 is 0 Å². The molecule has 140 valence electrons. The minimum Gasteiger partial charge on any atom is -0.480 e. The third-order valence-electron chi connectivity index (χ3n) is 3.89. The van der Waals surface area contributed by atoms with Gasteiger partial charge in [-0.2, -0.15) is 0 Å². The highest BCUT2D eigenvalue weighted by Crippen LogP contribution is 2.07. The number of carbonyl (C=O) groups excluding carboxylic acids is 2. The Labute approximate surface area is 157 Å². The number of hydrogen-bond donors (Lipinski definition) is 3. The number of rotatable bonds is 7. The topological polar surface area (TPSA) is 95.5 Å². The largest absolute Gasteiger partial charge is 0.480 e. The summed E-state index contributed by atoms with van der Waals surface area (Å²) in [5, 5.41) is 14.5. The first-order valence-electron chi connectivity index (χ1n) is 8.50. The van der Waals surface area contributed by atoms with Gasteiger partial charge in [0.1, 0.15) is 11.7 Å². The smallest absolute Gasteiger partial charge is 0.326 e. The SMILES string of the molecule is CC(C)=C(NC(=O)c1ccccc1)C(=O)N[C@H](Cc1ccccc1)C(=O)O. The van der Waals surface area contributed by atoms with E-state index in [2.05, 4.69) is 10.6 Å². The molecule has 0 radical (unpaired) electrons. The second-order valence-corrected chi connectivity index (χ2v) is 6.25. The molecule has 2 amide bonds. The molecule has 2 aromatic rings. The molecule has 0 saturated heterocycles. The van der Waals surface area contributed by atoms with Crippen molar-refractivity contribution in [2.24, 2.45) is 0 Å². The van der Waals surface area contributed by atoms with E-state index in [1.165, 1.54) is 0 Å². The Balaban J connectivity index is 2.12. The second kappa shape index (κ2) is 9.33. The summed E-state index contributed by atoms with van der Waals surface area (Å²) in [4.78, 5) is 36.5. The van der Waals surface area contributed by atoms with E-state index in [4.69, 9.17) is 0 Å². The van der Waals surface area contributed by atoms with E-state index in [-0.39, 0.29) is 12.1 Å². The lowest BCUT2D eigenvalue weighted by molar-refractivity contribution is -0.141. The van der Waals surface area contributed by atoms with Crippen molar-refractivity contribution in [3.05, 3.63) is 83.1 Å². The third kappa shape index (κ3) is 5.81. The number of amides is 2. The fourth-order valence-electron chi connectivity index (χ4n) is 2.46. The minimum absolute atomic E-state index is 0.0446. The van der Waals surface area contributed by atoms with E-state index in [0.717, 1.165) is 5.56 Å². The highest BCUT2D eigenvalue weighted by atomic mass is 16.4. The van der Waals surface area contributed by atoms with Crippen LogP contribution in [0.3, 0.4) is 0 Å². The van der Waals surface area contributed by atoms with E-state index >= 15 is 0 Å². The van der Waals surface area contributed by atoms with Crippen LogP contribution in [-0.2, 0) is 16.0 Å². The van der Waals surface area contributed by atoms with Crippen LogP contribution in [0.15, 0.2) is 71.9 Å². The zero-order valence-electron chi connectivity index (χ0n) is 15.2. The van der Waals surface area contributed by atoms with Gasteiger partial charge in [-0.3, -0.25) is 9.59 Å². The number of carboxylic acids is 1. The van der Waals surface area contributed by atoms with Crippen LogP contribution in [0.5, 0.6) is 0 Å². The maximum Gasteiger partial charge on any atom is 0.326 e. The molecule has 1 atom stereocenters. The number of carbonyl (C=O) groups is 3. The van der Waals surface area contributed by atoms with Crippen molar-refractivity contribution >= 4 is 17.8 Å². The monoisotopic (exact) mass is 366 g/mol. The minimum atomic E-state index is -1.14. The molecular weight excluding hydrogens is 344 g/mol. The number of allylic oxidation sites excluding steroid dienone is 1. The quantitative estimate of drug-likeness (QED) is 0.656. The fourth-order valence-corrected chi connectivity index (χ4v) is 2.46. The lowest BCUT2D eigenvalue weighted by Gasteiger charge is -2.17. The maximum absolute atomic E-state index is 12.6. The highest BCUT2D eigenvalue weighted by molar-refractivity contribution is 6.04. The highest BCUT2D eigenvalue weighted by Gasteiger charge is 2.24. The van der Waals surface area contributed by atoms with E-state index in [1.807, 2.05) is 6.07 Å². The summed E-state index contributed by atoms with van der Waals surface area (Å²) in [5.41, 5.74) is 1.81. The maximum atomic E-state index is 12.6. The second-order valence-electron chi connectivity index (χ2n) is 6.25. The van der Waals surface area contributed by atoms with Crippen LogP contribution < -0.4 is 10.6 Å². The molecule has 0 heterocycles. The first-order chi connectivity index (χ1) is 12.9. The Morgan fingerprint density at radius 1 is 0.926 bits per heavy atom. The van der Waals surface area contributed by atoms with Crippen LogP contribution in [0.1, 0.15) is 29.8 Å². The first kappa shape index (κ1) is 19.9. The van der Waals surface area contributed by atoms with Gasteiger partial charge in [-0.05, 0) is 37.1 Å². The summed E-state index contributed by atoms with van der Waals surface area (Å²) in [6.07, 6.45) is 0.143. The van der Waals surface area contributed by atoms with E-state index in [9.17, 15) is 19.5 Å². The molecule has 0 spiro atoms. The molecule has 0 unspecified atom stereocenters. The van der Waals surface area contributed by atoms with Gasteiger partial charge < -0.3 is 15.7 Å². The molecule has 6 nitrogen and oxygen atoms in total. The van der Waals surface area contributed by atoms with Crippen LogP contribution in [0.4, 0.5) is 0 Å². The van der Waals surface area contributed by atoms with Crippen molar-refractivity contribution in [2.45, 2.75) is 26.3 Å². The van der Waals surface area contributed by atoms with Gasteiger partial charge in [0.2, 0.25) is 0 Å².